The molecule has 0 N–H and O–H groups in total. The van der Waals surface area contributed by atoms with Gasteiger partial charge in [-0.1, -0.05) is 0 Å². The lowest BCUT2D eigenvalue weighted by Gasteiger charge is -2.30. The number of piperidine rings is 1. The van der Waals surface area contributed by atoms with Crippen molar-refractivity contribution in [1.29, 1.82) is 0 Å². The van der Waals surface area contributed by atoms with Crippen LogP contribution in [0.4, 0.5) is 0 Å². The summed E-state index contributed by atoms with van der Waals surface area (Å²) >= 11 is 1.72. The highest BCUT2D eigenvalue weighted by Gasteiger charge is 2.33. The molecule has 4 rings (SSSR count). The van der Waals surface area contributed by atoms with Crippen LogP contribution in [0.5, 0.6) is 5.75 Å². The zero-order valence-electron chi connectivity index (χ0n) is 14.1. The maximum absolute atomic E-state index is 12.8. The lowest BCUT2D eigenvalue weighted by molar-refractivity contribution is 0.318. The lowest BCUT2D eigenvalue weighted by Crippen LogP contribution is -2.37. The zero-order chi connectivity index (χ0) is 17.4. The maximum atomic E-state index is 12.8. The summed E-state index contributed by atoms with van der Waals surface area (Å²) in [6.45, 7) is 1.05. The van der Waals surface area contributed by atoms with Gasteiger partial charge in [-0.25, -0.2) is 8.42 Å². The van der Waals surface area contributed by atoms with Gasteiger partial charge in [-0.15, -0.1) is 21.5 Å². The molecule has 0 bridgehead atoms. The van der Waals surface area contributed by atoms with Crippen molar-refractivity contribution in [1.82, 2.24) is 14.5 Å². The number of sulfonamides is 1. The Kier molecular flexibility index (Phi) is 4.51. The number of methoxy groups -OCH3 is 1. The predicted octanol–water partition coefficient (Wildman–Crippen LogP) is 2.99. The first-order chi connectivity index (χ1) is 12.1. The fourth-order valence-corrected chi connectivity index (χ4v) is 5.80. The topological polar surface area (TPSA) is 72.4 Å². The highest BCUT2D eigenvalue weighted by atomic mass is 32.2. The molecular formula is C17H21N3O3S2. The molecular weight excluding hydrogens is 358 g/mol. The van der Waals surface area contributed by atoms with Gasteiger partial charge in [0.25, 0.3) is 0 Å². The van der Waals surface area contributed by atoms with Gasteiger partial charge >= 0.3 is 0 Å². The van der Waals surface area contributed by atoms with Gasteiger partial charge in [-0.05, 0) is 49.9 Å². The maximum Gasteiger partial charge on any atom is 0.243 e. The van der Waals surface area contributed by atoms with E-state index in [4.69, 9.17) is 4.74 Å². The molecule has 8 heteroatoms. The molecule has 2 heterocycles. The number of rotatable bonds is 5. The zero-order valence-corrected chi connectivity index (χ0v) is 15.7. The molecule has 134 valence electrons. The third-order valence-electron chi connectivity index (χ3n) is 4.88. The van der Waals surface area contributed by atoms with Crippen molar-refractivity contribution in [3.8, 4) is 5.75 Å². The average Bonchev–Trinajstić information content (AvgIpc) is 3.39. The molecule has 1 aromatic carbocycles. The van der Waals surface area contributed by atoms with E-state index in [0.29, 0.717) is 35.6 Å². The van der Waals surface area contributed by atoms with E-state index in [1.54, 1.807) is 47.0 Å². The van der Waals surface area contributed by atoms with Crippen molar-refractivity contribution in [2.24, 2.45) is 0 Å². The fourth-order valence-electron chi connectivity index (χ4n) is 3.15. The monoisotopic (exact) mass is 379 g/mol. The standard InChI is InChI=1S/C17H21N3O3S2/c1-23-14-4-6-15(7-5-14)25(21,22)20-10-8-13(9-11-20)17-19-18-16(24-17)12-2-3-12/h4-7,12-13H,2-3,8-11H2,1H3. The molecule has 2 aliphatic rings. The SMILES string of the molecule is COc1ccc(S(=O)(=O)N2CCC(c3nnc(C4CC4)s3)CC2)cc1. The molecule has 1 aliphatic heterocycles. The van der Waals surface area contributed by atoms with Gasteiger partial charge in [0.05, 0.1) is 12.0 Å². The van der Waals surface area contributed by atoms with Crippen LogP contribution in [0.3, 0.4) is 0 Å². The molecule has 1 saturated carbocycles. The van der Waals surface area contributed by atoms with Crippen LogP contribution in [-0.2, 0) is 10.0 Å². The van der Waals surface area contributed by atoms with Gasteiger partial charge in [0.2, 0.25) is 10.0 Å². The number of ether oxygens (including phenoxy) is 1. The van der Waals surface area contributed by atoms with Crippen molar-refractivity contribution in [3.05, 3.63) is 34.3 Å². The molecule has 1 aliphatic carbocycles. The van der Waals surface area contributed by atoms with E-state index < -0.39 is 10.0 Å². The third-order valence-corrected chi connectivity index (χ3v) is 8.04. The third kappa shape index (κ3) is 3.43. The van der Waals surface area contributed by atoms with E-state index in [9.17, 15) is 8.42 Å². The van der Waals surface area contributed by atoms with Crippen LogP contribution in [0.2, 0.25) is 0 Å². The van der Waals surface area contributed by atoms with Gasteiger partial charge in [-0.3, -0.25) is 0 Å². The normalized spacial score (nSPS) is 19.9. The molecule has 6 nitrogen and oxygen atoms in total. The Labute approximate surface area is 151 Å². The minimum Gasteiger partial charge on any atom is -0.497 e. The minimum atomic E-state index is -3.45. The van der Waals surface area contributed by atoms with Crippen LogP contribution < -0.4 is 4.74 Å². The van der Waals surface area contributed by atoms with Gasteiger partial charge in [0.15, 0.2) is 0 Å². The molecule has 1 saturated heterocycles. The van der Waals surface area contributed by atoms with Crippen LogP contribution in [0.15, 0.2) is 29.2 Å². The Bertz CT molecular complexity index is 836. The Morgan fingerprint density at radius 1 is 1.00 bits per heavy atom. The van der Waals surface area contributed by atoms with E-state index in [1.165, 1.54) is 12.8 Å². The summed E-state index contributed by atoms with van der Waals surface area (Å²) in [6, 6.07) is 6.57. The van der Waals surface area contributed by atoms with Gasteiger partial charge in [0.1, 0.15) is 15.8 Å². The quantitative estimate of drug-likeness (QED) is 0.798. The molecule has 0 spiro atoms. The van der Waals surface area contributed by atoms with Crippen LogP contribution in [0.25, 0.3) is 0 Å². The second kappa shape index (κ2) is 6.66. The molecule has 0 radical (unpaired) electrons. The number of aromatic nitrogens is 2. The van der Waals surface area contributed by atoms with E-state index >= 15 is 0 Å². The molecule has 0 atom stereocenters. The highest BCUT2D eigenvalue weighted by molar-refractivity contribution is 7.89. The number of hydrogen-bond donors (Lipinski definition) is 0. The summed E-state index contributed by atoms with van der Waals surface area (Å²) in [5, 5.41) is 10.9. The van der Waals surface area contributed by atoms with Crippen LogP contribution in [0.1, 0.15) is 47.5 Å². The smallest absolute Gasteiger partial charge is 0.243 e. The van der Waals surface area contributed by atoms with E-state index in [2.05, 4.69) is 10.2 Å². The van der Waals surface area contributed by atoms with Crippen molar-refractivity contribution in [3.63, 3.8) is 0 Å². The average molecular weight is 380 g/mol. The minimum absolute atomic E-state index is 0.318. The van der Waals surface area contributed by atoms with E-state index in [1.807, 2.05) is 0 Å². The van der Waals surface area contributed by atoms with Crippen LogP contribution >= 0.6 is 11.3 Å². The van der Waals surface area contributed by atoms with Crippen molar-refractivity contribution in [2.45, 2.75) is 42.4 Å². The lowest BCUT2D eigenvalue weighted by atomic mass is 9.99. The van der Waals surface area contributed by atoms with Crippen LogP contribution in [0, 0.1) is 0 Å². The molecule has 2 fully saturated rings. The van der Waals surface area contributed by atoms with Crippen molar-refractivity contribution < 1.29 is 13.2 Å². The number of benzene rings is 1. The van der Waals surface area contributed by atoms with E-state index in [-0.39, 0.29) is 0 Å². The molecule has 1 aromatic heterocycles. The largest absolute Gasteiger partial charge is 0.497 e. The van der Waals surface area contributed by atoms with Gasteiger partial charge in [0, 0.05) is 24.9 Å². The molecule has 2 aromatic rings. The Morgan fingerprint density at radius 2 is 1.56 bits per heavy atom. The summed E-state index contributed by atoms with van der Waals surface area (Å²) < 4.78 is 32.3. The summed E-state index contributed by atoms with van der Waals surface area (Å²) in [4.78, 5) is 0.318. The molecule has 0 amide bonds. The summed E-state index contributed by atoms with van der Waals surface area (Å²) in [5.41, 5.74) is 0. The van der Waals surface area contributed by atoms with Crippen molar-refractivity contribution in [2.75, 3.05) is 20.2 Å². The first-order valence-corrected chi connectivity index (χ1v) is 10.8. The second-order valence-corrected chi connectivity index (χ2v) is 9.59. The van der Waals surface area contributed by atoms with Gasteiger partial charge in [-0.2, -0.15) is 4.31 Å². The van der Waals surface area contributed by atoms with Crippen molar-refractivity contribution >= 4 is 21.4 Å². The second-order valence-electron chi connectivity index (χ2n) is 6.61. The predicted molar refractivity (Wildman–Crippen MR) is 95.6 cm³/mol. The Morgan fingerprint density at radius 3 is 2.08 bits per heavy atom. The Balaban J connectivity index is 1.42. The first-order valence-electron chi connectivity index (χ1n) is 8.55. The molecule has 25 heavy (non-hydrogen) atoms. The highest BCUT2D eigenvalue weighted by Crippen LogP contribution is 2.43. The number of hydrogen-bond acceptors (Lipinski definition) is 6. The Hall–Kier alpha value is -1.51. The van der Waals surface area contributed by atoms with E-state index in [0.717, 1.165) is 22.9 Å². The summed E-state index contributed by atoms with van der Waals surface area (Å²) in [5.74, 6) is 1.61. The molecule has 0 unspecified atom stereocenters. The fraction of sp³-hybridized carbons (Fsp3) is 0.529. The van der Waals surface area contributed by atoms with Gasteiger partial charge < -0.3 is 4.74 Å². The number of nitrogens with zero attached hydrogens (tertiary/aromatic N) is 3. The first kappa shape index (κ1) is 16.9. The summed E-state index contributed by atoms with van der Waals surface area (Å²) in [7, 11) is -1.88. The van der Waals surface area contributed by atoms with Crippen LogP contribution in [-0.4, -0.2) is 43.1 Å². The summed E-state index contributed by atoms with van der Waals surface area (Å²) in [6.07, 6.45) is 4.06.